The molecule has 2 heteroatoms. The third kappa shape index (κ3) is 0.750. The Morgan fingerprint density at radius 1 is 1.38 bits per heavy atom. The quantitative estimate of drug-likeness (QED) is 0.546. The summed E-state index contributed by atoms with van der Waals surface area (Å²) < 4.78 is 5.50. The molecule has 0 aromatic carbocycles. The van der Waals surface area contributed by atoms with Crippen LogP contribution in [0.1, 0.15) is 0 Å². The lowest BCUT2D eigenvalue weighted by atomic mass is 9.73. The molecule has 0 saturated carbocycles. The molecule has 0 amide bonds. The molecule has 0 saturated heterocycles. The van der Waals surface area contributed by atoms with E-state index in [2.05, 4.69) is 29.3 Å². The van der Waals surface area contributed by atoms with Crippen LogP contribution in [0.25, 0.3) is 0 Å². The second-order valence-electron chi connectivity index (χ2n) is 3.39. The van der Waals surface area contributed by atoms with Crippen molar-refractivity contribution < 1.29 is 4.74 Å². The van der Waals surface area contributed by atoms with E-state index >= 15 is 0 Å². The Morgan fingerprint density at radius 3 is 3.38 bits per heavy atom. The Balaban J connectivity index is 2.20. The lowest BCUT2D eigenvalue weighted by molar-refractivity contribution is 0.162. The van der Waals surface area contributed by atoms with E-state index in [0.717, 1.165) is 0 Å². The summed E-state index contributed by atoms with van der Waals surface area (Å²) in [6.45, 7) is 0. The van der Waals surface area contributed by atoms with Crippen LogP contribution in [0.3, 0.4) is 0 Å². The Bertz CT molecular complexity index is 387. The topological polar surface area (TPSA) is 21.6 Å². The number of nitrogens with zero attached hydrogens (tertiary/aromatic N) is 1. The molecule has 0 N–H and O–H groups in total. The SMILES string of the molecule is C1=CC2OC=CC23C=CN=CC3=C1. The summed E-state index contributed by atoms with van der Waals surface area (Å²) in [7, 11) is 0. The zero-order valence-corrected chi connectivity index (χ0v) is 7.05. The van der Waals surface area contributed by atoms with Crippen LogP contribution in [-0.4, -0.2) is 12.3 Å². The van der Waals surface area contributed by atoms with Gasteiger partial charge in [-0.1, -0.05) is 12.2 Å². The number of hydrogen-bond donors (Lipinski definition) is 0. The summed E-state index contributed by atoms with van der Waals surface area (Å²) in [6, 6.07) is 0. The second-order valence-corrected chi connectivity index (χ2v) is 3.39. The highest BCUT2D eigenvalue weighted by Gasteiger charge is 2.42. The highest BCUT2D eigenvalue weighted by Crippen LogP contribution is 2.43. The van der Waals surface area contributed by atoms with Crippen LogP contribution in [-0.2, 0) is 4.74 Å². The first-order valence-corrected chi connectivity index (χ1v) is 4.35. The van der Waals surface area contributed by atoms with Crippen LogP contribution in [0.15, 0.2) is 53.4 Å². The summed E-state index contributed by atoms with van der Waals surface area (Å²) in [4.78, 5) is 4.12. The highest BCUT2D eigenvalue weighted by atomic mass is 16.5. The summed E-state index contributed by atoms with van der Waals surface area (Å²) >= 11 is 0. The fraction of sp³-hybridized carbons (Fsp3) is 0.182. The average Bonchev–Trinajstić information content (AvgIpc) is 2.58. The van der Waals surface area contributed by atoms with E-state index in [4.69, 9.17) is 4.74 Å². The standard InChI is InChI=1S/C11H9NO/c1-2-9-8-12-6-4-11(9)5-7-13-10(11)3-1/h1-8,10H. The van der Waals surface area contributed by atoms with E-state index in [1.165, 1.54) is 5.57 Å². The van der Waals surface area contributed by atoms with E-state index < -0.39 is 0 Å². The summed E-state index contributed by atoms with van der Waals surface area (Å²) in [5.41, 5.74) is 1.13. The van der Waals surface area contributed by atoms with Gasteiger partial charge >= 0.3 is 0 Å². The molecule has 13 heavy (non-hydrogen) atoms. The Labute approximate surface area is 76.6 Å². The van der Waals surface area contributed by atoms with Gasteiger partial charge in [0.15, 0.2) is 0 Å². The molecule has 1 spiro atoms. The lowest BCUT2D eigenvalue weighted by Crippen LogP contribution is -2.33. The molecule has 0 aromatic rings. The van der Waals surface area contributed by atoms with E-state index in [0.29, 0.717) is 0 Å². The van der Waals surface area contributed by atoms with Crippen LogP contribution >= 0.6 is 0 Å². The monoisotopic (exact) mass is 171 g/mol. The molecule has 0 bridgehead atoms. The molecule has 2 heterocycles. The van der Waals surface area contributed by atoms with Crippen LogP contribution in [0.5, 0.6) is 0 Å². The molecular formula is C11H9NO. The van der Waals surface area contributed by atoms with Gasteiger partial charge in [-0.15, -0.1) is 0 Å². The minimum absolute atomic E-state index is 0.0729. The number of hydrogen-bond acceptors (Lipinski definition) is 2. The van der Waals surface area contributed by atoms with Gasteiger partial charge in [-0.3, -0.25) is 4.99 Å². The summed E-state index contributed by atoms with van der Waals surface area (Å²) in [5, 5.41) is 0. The van der Waals surface area contributed by atoms with E-state index in [1.807, 2.05) is 18.5 Å². The molecule has 64 valence electrons. The minimum atomic E-state index is -0.0729. The number of ether oxygens (including phenoxy) is 1. The van der Waals surface area contributed by atoms with Crippen molar-refractivity contribution in [1.29, 1.82) is 0 Å². The maximum Gasteiger partial charge on any atom is 0.133 e. The van der Waals surface area contributed by atoms with E-state index in [-0.39, 0.29) is 11.5 Å². The Morgan fingerprint density at radius 2 is 2.38 bits per heavy atom. The van der Waals surface area contributed by atoms with Gasteiger partial charge in [0.05, 0.1) is 11.7 Å². The number of allylic oxidation sites excluding steroid dienone is 2. The van der Waals surface area contributed by atoms with Crippen molar-refractivity contribution in [2.45, 2.75) is 6.10 Å². The fourth-order valence-corrected chi connectivity index (χ4v) is 2.00. The average molecular weight is 171 g/mol. The lowest BCUT2D eigenvalue weighted by Gasteiger charge is -2.32. The van der Waals surface area contributed by atoms with Gasteiger partial charge in [0.1, 0.15) is 6.10 Å². The van der Waals surface area contributed by atoms with E-state index in [9.17, 15) is 0 Å². The maximum absolute atomic E-state index is 5.50. The largest absolute Gasteiger partial charge is 0.493 e. The first-order chi connectivity index (χ1) is 6.42. The molecule has 2 nitrogen and oxygen atoms in total. The van der Waals surface area contributed by atoms with Crippen LogP contribution in [0.4, 0.5) is 0 Å². The predicted octanol–water partition coefficient (Wildman–Crippen LogP) is 1.98. The molecule has 0 aromatic heterocycles. The zero-order valence-electron chi connectivity index (χ0n) is 7.05. The van der Waals surface area contributed by atoms with Crippen LogP contribution in [0, 0.1) is 5.41 Å². The van der Waals surface area contributed by atoms with Crippen molar-refractivity contribution >= 4 is 6.21 Å². The Kier molecular flexibility index (Phi) is 1.18. The van der Waals surface area contributed by atoms with Gasteiger partial charge < -0.3 is 4.74 Å². The fourth-order valence-electron chi connectivity index (χ4n) is 2.00. The van der Waals surface area contributed by atoms with Gasteiger partial charge in [-0.2, -0.15) is 0 Å². The maximum atomic E-state index is 5.50. The van der Waals surface area contributed by atoms with Gasteiger partial charge in [0, 0.05) is 12.4 Å². The summed E-state index contributed by atoms with van der Waals surface area (Å²) in [6.07, 6.45) is 16.0. The van der Waals surface area contributed by atoms with Gasteiger partial charge in [-0.05, 0) is 23.8 Å². The minimum Gasteiger partial charge on any atom is -0.493 e. The number of rotatable bonds is 0. The molecule has 1 aliphatic carbocycles. The second kappa shape index (κ2) is 2.22. The molecule has 2 aliphatic heterocycles. The summed E-state index contributed by atoms with van der Waals surface area (Å²) in [5.74, 6) is 0. The van der Waals surface area contributed by atoms with Crippen molar-refractivity contribution in [1.82, 2.24) is 0 Å². The Hall–Kier alpha value is -1.57. The van der Waals surface area contributed by atoms with Crippen molar-refractivity contribution in [3.8, 4) is 0 Å². The van der Waals surface area contributed by atoms with Gasteiger partial charge in [0.2, 0.25) is 0 Å². The van der Waals surface area contributed by atoms with Crippen LogP contribution in [0.2, 0.25) is 0 Å². The predicted molar refractivity (Wildman–Crippen MR) is 51.3 cm³/mol. The smallest absolute Gasteiger partial charge is 0.133 e. The third-order valence-electron chi connectivity index (χ3n) is 2.75. The first kappa shape index (κ1) is 6.89. The molecule has 3 rings (SSSR count). The normalized spacial score (nSPS) is 38.2. The zero-order chi connectivity index (χ0) is 8.73. The third-order valence-corrected chi connectivity index (χ3v) is 2.75. The van der Waals surface area contributed by atoms with Gasteiger partial charge in [0.25, 0.3) is 0 Å². The molecule has 2 unspecified atom stereocenters. The molecule has 3 aliphatic rings. The van der Waals surface area contributed by atoms with Gasteiger partial charge in [-0.25, -0.2) is 0 Å². The highest BCUT2D eigenvalue weighted by molar-refractivity contribution is 5.85. The van der Waals surface area contributed by atoms with Crippen LogP contribution < -0.4 is 0 Å². The van der Waals surface area contributed by atoms with Crippen molar-refractivity contribution in [2.24, 2.45) is 10.4 Å². The number of aliphatic imine (C=N–C) groups is 1. The van der Waals surface area contributed by atoms with Crippen molar-refractivity contribution in [2.75, 3.05) is 0 Å². The van der Waals surface area contributed by atoms with Crippen molar-refractivity contribution in [3.63, 3.8) is 0 Å². The molecular weight excluding hydrogens is 162 g/mol. The molecule has 2 atom stereocenters. The molecule has 0 fully saturated rings. The van der Waals surface area contributed by atoms with Crippen molar-refractivity contribution in [3.05, 3.63) is 48.4 Å². The first-order valence-electron chi connectivity index (χ1n) is 4.35. The van der Waals surface area contributed by atoms with E-state index in [1.54, 1.807) is 6.26 Å². The molecule has 0 radical (unpaired) electrons.